The molecule has 2 rings (SSSR count). The van der Waals surface area contributed by atoms with Gasteiger partial charge < -0.3 is 5.32 Å². The molecule has 0 bridgehead atoms. The van der Waals surface area contributed by atoms with Gasteiger partial charge in [0.25, 0.3) is 0 Å². The summed E-state index contributed by atoms with van der Waals surface area (Å²) in [5.41, 5.74) is 1.38. The van der Waals surface area contributed by atoms with Gasteiger partial charge in [-0.05, 0) is 18.2 Å². The maximum Gasteiger partial charge on any atom is 0.130 e. The molecule has 1 nitrogen and oxygen atoms in total. The van der Waals surface area contributed by atoms with Crippen LogP contribution in [0, 0.1) is 23.5 Å². The Morgan fingerprint density at radius 3 is 2.53 bits per heavy atom. The fourth-order valence-corrected chi connectivity index (χ4v) is 1.59. The third-order valence-corrected chi connectivity index (χ3v) is 2.55. The van der Waals surface area contributed by atoms with Crippen LogP contribution in [-0.4, -0.2) is 6.54 Å². The Kier molecular flexibility index (Phi) is 4.66. The van der Waals surface area contributed by atoms with Gasteiger partial charge in [0.15, 0.2) is 0 Å². The molecule has 0 amide bonds. The maximum absolute atomic E-state index is 13.3. The normalized spacial score (nSPS) is 9.79. The maximum atomic E-state index is 13.3. The van der Waals surface area contributed by atoms with Crippen LogP contribution >= 0.6 is 0 Å². The average Bonchev–Trinajstić information content (AvgIpc) is 2.42. The number of benzene rings is 2. The van der Waals surface area contributed by atoms with E-state index in [9.17, 15) is 8.78 Å². The van der Waals surface area contributed by atoms with Crippen LogP contribution in [0.4, 0.5) is 8.78 Å². The molecule has 0 atom stereocenters. The van der Waals surface area contributed by atoms with Crippen LogP contribution in [0.1, 0.15) is 11.1 Å². The molecule has 0 heterocycles. The third-order valence-electron chi connectivity index (χ3n) is 2.55. The lowest BCUT2D eigenvalue weighted by Crippen LogP contribution is -2.14. The van der Waals surface area contributed by atoms with Gasteiger partial charge in [-0.15, -0.1) is 0 Å². The zero-order valence-corrected chi connectivity index (χ0v) is 10.3. The quantitative estimate of drug-likeness (QED) is 0.658. The predicted octanol–water partition coefficient (Wildman–Crippen LogP) is 3.11. The van der Waals surface area contributed by atoms with Crippen molar-refractivity contribution in [3.63, 3.8) is 0 Å². The lowest BCUT2D eigenvalue weighted by atomic mass is 10.2. The zero-order chi connectivity index (χ0) is 13.5. The van der Waals surface area contributed by atoms with Crippen molar-refractivity contribution in [2.24, 2.45) is 0 Å². The van der Waals surface area contributed by atoms with Crippen LogP contribution < -0.4 is 5.32 Å². The van der Waals surface area contributed by atoms with Crippen LogP contribution in [-0.2, 0) is 6.54 Å². The monoisotopic (exact) mass is 257 g/mol. The Bertz CT molecular complexity index is 597. The first-order valence-corrected chi connectivity index (χ1v) is 5.94. The Morgan fingerprint density at radius 2 is 1.79 bits per heavy atom. The first kappa shape index (κ1) is 13.3. The minimum Gasteiger partial charge on any atom is -0.302 e. The van der Waals surface area contributed by atoms with E-state index in [-0.39, 0.29) is 0 Å². The second-order valence-corrected chi connectivity index (χ2v) is 4.01. The summed E-state index contributed by atoms with van der Waals surface area (Å²) in [6.45, 7) is 0.779. The summed E-state index contributed by atoms with van der Waals surface area (Å²) in [7, 11) is 0. The number of halogens is 2. The molecule has 0 aliphatic rings. The molecule has 0 fully saturated rings. The molecule has 0 aliphatic carbocycles. The minimum absolute atomic E-state index is 0.329. The van der Waals surface area contributed by atoms with Gasteiger partial charge in [0.05, 0.1) is 6.54 Å². The van der Waals surface area contributed by atoms with Gasteiger partial charge in [0.2, 0.25) is 0 Å². The van der Waals surface area contributed by atoms with E-state index in [1.54, 1.807) is 0 Å². The van der Waals surface area contributed by atoms with Gasteiger partial charge in [-0.25, -0.2) is 8.78 Å². The second-order valence-electron chi connectivity index (χ2n) is 4.01. The molecule has 0 spiro atoms. The molecule has 1 N–H and O–H groups in total. The third kappa shape index (κ3) is 4.20. The highest BCUT2D eigenvalue weighted by Crippen LogP contribution is 2.08. The molecule has 3 heteroatoms. The topological polar surface area (TPSA) is 12.0 Å². The fraction of sp³-hybridized carbons (Fsp3) is 0.125. The summed E-state index contributed by atoms with van der Waals surface area (Å²) in [6, 6.07) is 13.2. The first-order chi connectivity index (χ1) is 9.25. The lowest BCUT2D eigenvalue weighted by Gasteiger charge is -2.02. The van der Waals surface area contributed by atoms with E-state index in [0.29, 0.717) is 18.7 Å². The number of hydrogen-bond donors (Lipinski definition) is 1. The fourth-order valence-electron chi connectivity index (χ4n) is 1.59. The highest BCUT2D eigenvalue weighted by molar-refractivity contribution is 5.33. The van der Waals surface area contributed by atoms with Gasteiger partial charge in [0.1, 0.15) is 11.6 Å². The van der Waals surface area contributed by atoms with Crippen LogP contribution in [0.25, 0.3) is 0 Å². The summed E-state index contributed by atoms with van der Waals surface area (Å²) >= 11 is 0. The number of hydrogen-bond acceptors (Lipinski definition) is 1. The summed E-state index contributed by atoms with van der Waals surface area (Å²) in [6.07, 6.45) is 0. The molecule has 0 saturated carbocycles. The van der Waals surface area contributed by atoms with Crippen LogP contribution in [0.2, 0.25) is 0 Å². The molecule has 19 heavy (non-hydrogen) atoms. The van der Waals surface area contributed by atoms with Crippen LogP contribution in [0.3, 0.4) is 0 Å². The van der Waals surface area contributed by atoms with Gasteiger partial charge >= 0.3 is 0 Å². The Balaban J connectivity index is 1.83. The molecular weight excluding hydrogens is 244 g/mol. The van der Waals surface area contributed by atoms with Crippen molar-refractivity contribution in [1.82, 2.24) is 5.32 Å². The second kappa shape index (κ2) is 6.67. The molecule has 0 aliphatic heterocycles. The molecule has 2 aromatic carbocycles. The van der Waals surface area contributed by atoms with Gasteiger partial charge in [-0.1, -0.05) is 36.1 Å². The lowest BCUT2D eigenvalue weighted by molar-refractivity contribution is 0.565. The average molecular weight is 257 g/mol. The Labute approximate surface area is 111 Å². The zero-order valence-electron chi connectivity index (χ0n) is 10.3. The van der Waals surface area contributed by atoms with Crippen LogP contribution in [0.5, 0.6) is 0 Å². The molecule has 0 saturated heterocycles. The van der Waals surface area contributed by atoms with E-state index in [1.165, 1.54) is 12.1 Å². The summed E-state index contributed by atoms with van der Waals surface area (Å²) in [5, 5.41) is 3.00. The van der Waals surface area contributed by atoms with E-state index in [4.69, 9.17) is 0 Å². The molecule has 0 unspecified atom stereocenters. The molecular formula is C16H13F2N. The van der Waals surface area contributed by atoms with E-state index in [1.807, 2.05) is 30.3 Å². The largest absolute Gasteiger partial charge is 0.302 e. The van der Waals surface area contributed by atoms with E-state index in [2.05, 4.69) is 17.2 Å². The van der Waals surface area contributed by atoms with Crippen molar-refractivity contribution < 1.29 is 8.78 Å². The predicted molar refractivity (Wildman–Crippen MR) is 71.4 cm³/mol. The minimum atomic E-state index is -0.565. The summed E-state index contributed by atoms with van der Waals surface area (Å²) < 4.78 is 26.0. The number of rotatable bonds is 3. The van der Waals surface area contributed by atoms with Crippen molar-refractivity contribution in [2.45, 2.75) is 6.54 Å². The Hall–Kier alpha value is -2.18. The van der Waals surface area contributed by atoms with Crippen molar-refractivity contribution >= 4 is 0 Å². The molecule has 2 aromatic rings. The van der Waals surface area contributed by atoms with Gasteiger partial charge in [-0.3, -0.25) is 0 Å². The Morgan fingerprint density at radius 1 is 1.00 bits per heavy atom. The highest BCUT2D eigenvalue weighted by atomic mass is 19.1. The van der Waals surface area contributed by atoms with Crippen molar-refractivity contribution in [2.75, 3.05) is 6.54 Å². The van der Waals surface area contributed by atoms with Crippen LogP contribution in [0.15, 0.2) is 48.5 Å². The van der Waals surface area contributed by atoms with Crippen molar-refractivity contribution in [1.29, 1.82) is 0 Å². The summed E-state index contributed by atoms with van der Waals surface area (Å²) in [4.78, 5) is 0. The standard InChI is InChI=1S/C16H13F2N/c17-15-9-8-14(16(18)11-15)12-19-10-4-7-13-5-2-1-3-6-13/h1-3,5-6,8-9,11,19H,10,12H2. The molecule has 0 aromatic heterocycles. The van der Waals surface area contributed by atoms with Gasteiger partial charge in [0, 0.05) is 23.7 Å². The van der Waals surface area contributed by atoms with Crippen molar-refractivity contribution in [3.05, 3.63) is 71.3 Å². The first-order valence-electron chi connectivity index (χ1n) is 5.94. The van der Waals surface area contributed by atoms with Crippen molar-refractivity contribution in [3.8, 4) is 11.8 Å². The number of nitrogens with one attached hydrogen (secondary N) is 1. The highest BCUT2D eigenvalue weighted by Gasteiger charge is 2.02. The smallest absolute Gasteiger partial charge is 0.130 e. The summed E-state index contributed by atoms with van der Waals surface area (Å²) in [5.74, 6) is 4.83. The van der Waals surface area contributed by atoms with E-state index < -0.39 is 11.6 Å². The molecule has 0 radical (unpaired) electrons. The van der Waals surface area contributed by atoms with Gasteiger partial charge in [-0.2, -0.15) is 0 Å². The van der Waals surface area contributed by atoms with E-state index >= 15 is 0 Å². The SMILES string of the molecule is Fc1ccc(CNCC#Cc2ccccc2)c(F)c1. The van der Waals surface area contributed by atoms with E-state index in [0.717, 1.165) is 11.6 Å². The molecule has 96 valence electrons.